The van der Waals surface area contributed by atoms with Crippen molar-refractivity contribution in [3.05, 3.63) is 29.8 Å². The minimum Gasteiger partial charge on any atom is -0.490 e. The molecule has 2 N–H and O–H groups in total. The molecule has 1 aromatic rings. The Balaban J connectivity index is 2.13. The predicted molar refractivity (Wildman–Crippen MR) is 84.9 cm³/mol. The fourth-order valence-electron chi connectivity index (χ4n) is 3.64. The van der Waals surface area contributed by atoms with E-state index < -0.39 is 0 Å². The van der Waals surface area contributed by atoms with E-state index >= 15 is 0 Å². The lowest BCUT2D eigenvalue weighted by Gasteiger charge is -2.39. The van der Waals surface area contributed by atoms with Crippen LogP contribution in [-0.4, -0.2) is 6.10 Å². The zero-order chi connectivity index (χ0) is 14.8. The van der Waals surface area contributed by atoms with Gasteiger partial charge in [0, 0.05) is 11.6 Å². The van der Waals surface area contributed by atoms with Gasteiger partial charge in [0.1, 0.15) is 5.75 Å². The van der Waals surface area contributed by atoms with Gasteiger partial charge < -0.3 is 10.5 Å². The third-order valence-corrected chi connectivity index (χ3v) is 4.40. The first-order valence-corrected chi connectivity index (χ1v) is 7.92. The van der Waals surface area contributed by atoms with Crippen molar-refractivity contribution in [3.63, 3.8) is 0 Å². The summed E-state index contributed by atoms with van der Waals surface area (Å²) in [5.74, 6) is 1.72. The number of benzene rings is 1. The first-order valence-electron chi connectivity index (χ1n) is 7.92. The molecule has 1 aliphatic carbocycles. The van der Waals surface area contributed by atoms with Gasteiger partial charge in [0.2, 0.25) is 0 Å². The van der Waals surface area contributed by atoms with Crippen molar-refractivity contribution in [1.82, 2.24) is 0 Å². The Morgan fingerprint density at radius 1 is 1.30 bits per heavy atom. The molecule has 3 atom stereocenters. The molecule has 0 heterocycles. The SMILES string of the molecule is CC[C@@H](N)c1ccccc1OC1CC(C)CC(C)(C)C1. The summed E-state index contributed by atoms with van der Waals surface area (Å²) in [6.45, 7) is 9.15. The average Bonchev–Trinajstić information content (AvgIpc) is 2.36. The average molecular weight is 275 g/mol. The molecular formula is C18H29NO. The minimum atomic E-state index is 0.0697. The molecule has 1 fully saturated rings. The second-order valence-electron chi connectivity index (χ2n) is 7.21. The van der Waals surface area contributed by atoms with E-state index in [4.69, 9.17) is 10.5 Å². The van der Waals surface area contributed by atoms with E-state index in [2.05, 4.69) is 39.8 Å². The van der Waals surface area contributed by atoms with E-state index in [9.17, 15) is 0 Å². The van der Waals surface area contributed by atoms with Gasteiger partial charge in [0.05, 0.1) is 6.10 Å². The number of para-hydroxylation sites is 1. The number of ether oxygens (including phenoxy) is 1. The Kier molecular flexibility index (Phi) is 4.74. The molecule has 2 nitrogen and oxygen atoms in total. The maximum absolute atomic E-state index is 6.34. The first kappa shape index (κ1) is 15.4. The van der Waals surface area contributed by atoms with Crippen LogP contribution >= 0.6 is 0 Å². The largest absolute Gasteiger partial charge is 0.490 e. The normalized spacial score (nSPS) is 27.1. The smallest absolute Gasteiger partial charge is 0.124 e. The van der Waals surface area contributed by atoms with Crippen molar-refractivity contribution >= 4 is 0 Å². The summed E-state index contributed by atoms with van der Waals surface area (Å²) in [5, 5.41) is 0. The first-order chi connectivity index (χ1) is 9.41. The summed E-state index contributed by atoms with van der Waals surface area (Å²) in [4.78, 5) is 0. The molecule has 2 rings (SSSR count). The van der Waals surface area contributed by atoms with Crippen LogP contribution in [0.25, 0.3) is 0 Å². The molecule has 0 saturated heterocycles. The maximum atomic E-state index is 6.34. The van der Waals surface area contributed by atoms with Crippen LogP contribution in [0.1, 0.15) is 65.0 Å². The maximum Gasteiger partial charge on any atom is 0.124 e. The fourth-order valence-corrected chi connectivity index (χ4v) is 3.64. The molecule has 1 aliphatic rings. The number of rotatable bonds is 4. The van der Waals surface area contributed by atoms with Crippen molar-refractivity contribution < 1.29 is 4.74 Å². The summed E-state index contributed by atoms with van der Waals surface area (Å²) < 4.78 is 6.34. The van der Waals surface area contributed by atoms with Crippen LogP contribution in [0, 0.1) is 11.3 Å². The van der Waals surface area contributed by atoms with Crippen LogP contribution in [0.5, 0.6) is 5.75 Å². The lowest BCUT2D eigenvalue weighted by Crippen LogP contribution is -2.34. The molecule has 20 heavy (non-hydrogen) atoms. The van der Waals surface area contributed by atoms with Gasteiger partial charge in [-0.15, -0.1) is 0 Å². The molecule has 2 heteroatoms. The van der Waals surface area contributed by atoms with Crippen LogP contribution in [0.2, 0.25) is 0 Å². The second-order valence-corrected chi connectivity index (χ2v) is 7.21. The van der Waals surface area contributed by atoms with Crippen LogP contribution in [-0.2, 0) is 0 Å². The van der Waals surface area contributed by atoms with Crippen molar-refractivity contribution in [3.8, 4) is 5.75 Å². The van der Waals surface area contributed by atoms with Crippen molar-refractivity contribution in [2.24, 2.45) is 17.1 Å². The van der Waals surface area contributed by atoms with Gasteiger partial charge in [-0.25, -0.2) is 0 Å². The summed E-state index contributed by atoms with van der Waals surface area (Å²) in [6.07, 6.45) is 4.83. The van der Waals surface area contributed by atoms with Crippen molar-refractivity contribution in [2.45, 2.75) is 65.5 Å². The Hall–Kier alpha value is -1.02. The standard InChI is InChI=1S/C18H29NO/c1-5-16(19)15-8-6-7-9-17(15)20-14-10-13(2)11-18(3,4)12-14/h6-9,13-14,16H,5,10-12,19H2,1-4H3/t13?,14?,16-/m1/s1. The Morgan fingerprint density at radius 3 is 2.65 bits per heavy atom. The third kappa shape index (κ3) is 3.76. The monoisotopic (exact) mass is 275 g/mol. The summed E-state index contributed by atoms with van der Waals surface area (Å²) in [5.41, 5.74) is 7.72. The molecular weight excluding hydrogens is 246 g/mol. The molecule has 0 amide bonds. The van der Waals surface area contributed by atoms with Crippen LogP contribution in [0.3, 0.4) is 0 Å². The molecule has 1 aromatic carbocycles. The minimum absolute atomic E-state index is 0.0697. The van der Waals surface area contributed by atoms with Crippen molar-refractivity contribution in [1.29, 1.82) is 0 Å². The zero-order valence-corrected chi connectivity index (χ0v) is 13.4. The van der Waals surface area contributed by atoms with E-state index in [1.165, 1.54) is 6.42 Å². The highest BCUT2D eigenvalue weighted by Gasteiger charge is 2.33. The number of hydrogen-bond donors (Lipinski definition) is 1. The van der Waals surface area contributed by atoms with Crippen LogP contribution < -0.4 is 10.5 Å². The van der Waals surface area contributed by atoms with Gasteiger partial charge in [0.25, 0.3) is 0 Å². The topological polar surface area (TPSA) is 35.2 Å². The Bertz CT molecular complexity index is 441. The van der Waals surface area contributed by atoms with Gasteiger partial charge in [-0.05, 0) is 43.1 Å². The Morgan fingerprint density at radius 2 is 2.00 bits per heavy atom. The molecule has 1 saturated carbocycles. The molecule has 0 aromatic heterocycles. The molecule has 0 aliphatic heterocycles. The van der Waals surface area contributed by atoms with E-state index in [1.807, 2.05) is 12.1 Å². The van der Waals surface area contributed by atoms with E-state index in [0.29, 0.717) is 11.5 Å². The molecule has 0 radical (unpaired) electrons. The van der Waals surface area contributed by atoms with Gasteiger partial charge in [-0.3, -0.25) is 0 Å². The third-order valence-electron chi connectivity index (χ3n) is 4.40. The second kappa shape index (κ2) is 6.17. The van der Waals surface area contributed by atoms with Crippen LogP contribution in [0.15, 0.2) is 24.3 Å². The zero-order valence-electron chi connectivity index (χ0n) is 13.4. The molecule has 0 bridgehead atoms. The number of nitrogens with two attached hydrogens (primary N) is 1. The van der Waals surface area contributed by atoms with E-state index in [-0.39, 0.29) is 6.04 Å². The summed E-state index contributed by atoms with van der Waals surface area (Å²) >= 11 is 0. The molecule has 112 valence electrons. The van der Waals surface area contributed by atoms with E-state index in [0.717, 1.165) is 36.5 Å². The predicted octanol–water partition coefficient (Wildman–Crippen LogP) is 4.69. The van der Waals surface area contributed by atoms with Gasteiger partial charge in [-0.1, -0.05) is 45.9 Å². The van der Waals surface area contributed by atoms with Gasteiger partial charge in [-0.2, -0.15) is 0 Å². The van der Waals surface area contributed by atoms with Gasteiger partial charge >= 0.3 is 0 Å². The quantitative estimate of drug-likeness (QED) is 0.865. The molecule has 2 unspecified atom stereocenters. The van der Waals surface area contributed by atoms with Crippen molar-refractivity contribution in [2.75, 3.05) is 0 Å². The summed E-state index contributed by atoms with van der Waals surface area (Å²) in [7, 11) is 0. The lowest BCUT2D eigenvalue weighted by molar-refractivity contribution is 0.0554. The summed E-state index contributed by atoms with van der Waals surface area (Å²) in [6, 6.07) is 8.32. The van der Waals surface area contributed by atoms with Gasteiger partial charge in [0.15, 0.2) is 0 Å². The lowest BCUT2D eigenvalue weighted by atomic mass is 9.71. The highest BCUT2D eigenvalue weighted by molar-refractivity contribution is 5.35. The van der Waals surface area contributed by atoms with E-state index in [1.54, 1.807) is 0 Å². The molecule has 0 spiro atoms. The Labute approximate surface area is 123 Å². The highest BCUT2D eigenvalue weighted by atomic mass is 16.5. The highest BCUT2D eigenvalue weighted by Crippen LogP contribution is 2.40. The fraction of sp³-hybridized carbons (Fsp3) is 0.667. The number of hydrogen-bond acceptors (Lipinski definition) is 2. The van der Waals surface area contributed by atoms with Crippen LogP contribution in [0.4, 0.5) is 0 Å².